The van der Waals surface area contributed by atoms with Crippen LogP contribution < -0.4 is 5.32 Å². The van der Waals surface area contributed by atoms with E-state index in [0.29, 0.717) is 22.8 Å². The van der Waals surface area contributed by atoms with Crippen LogP contribution in [0.1, 0.15) is 18.7 Å². The van der Waals surface area contributed by atoms with Crippen LogP contribution in [0.25, 0.3) is 11.4 Å². The number of aromatic nitrogens is 2. The van der Waals surface area contributed by atoms with Gasteiger partial charge in [0.15, 0.2) is 0 Å². The van der Waals surface area contributed by atoms with Gasteiger partial charge in [0.25, 0.3) is 0 Å². The van der Waals surface area contributed by atoms with Gasteiger partial charge in [-0.3, -0.25) is 4.90 Å². The molecule has 2 aliphatic heterocycles. The van der Waals surface area contributed by atoms with Crippen LogP contribution in [-0.2, 0) is 6.54 Å². The van der Waals surface area contributed by atoms with Gasteiger partial charge in [0, 0.05) is 29.7 Å². The highest BCUT2D eigenvalue weighted by atomic mass is 35.5. The first-order valence-electron chi connectivity index (χ1n) is 7.82. The molecule has 0 spiro atoms. The van der Waals surface area contributed by atoms with E-state index >= 15 is 0 Å². The fraction of sp³-hybridized carbons (Fsp3) is 0.500. The number of halogens is 2. The summed E-state index contributed by atoms with van der Waals surface area (Å²) < 4.78 is 5.41. The Kier molecular flexibility index (Phi) is 5.21. The quantitative estimate of drug-likeness (QED) is 0.917. The highest BCUT2D eigenvalue weighted by Gasteiger charge is 2.32. The lowest BCUT2D eigenvalue weighted by molar-refractivity contribution is 0.140. The molecule has 0 bridgehead atoms. The minimum absolute atomic E-state index is 0. The molecule has 1 aromatic carbocycles. The van der Waals surface area contributed by atoms with Gasteiger partial charge in [-0.15, -0.1) is 12.4 Å². The summed E-state index contributed by atoms with van der Waals surface area (Å²) in [4.78, 5) is 6.94. The molecule has 2 unspecified atom stereocenters. The third-order valence-corrected chi connectivity index (χ3v) is 4.92. The summed E-state index contributed by atoms with van der Waals surface area (Å²) in [5.74, 6) is 2.09. The lowest BCUT2D eigenvalue weighted by atomic mass is 9.93. The molecule has 2 fully saturated rings. The zero-order valence-electron chi connectivity index (χ0n) is 12.7. The van der Waals surface area contributed by atoms with E-state index in [-0.39, 0.29) is 12.4 Å². The van der Waals surface area contributed by atoms with Gasteiger partial charge in [-0.1, -0.05) is 16.8 Å². The van der Waals surface area contributed by atoms with Crippen molar-refractivity contribution in [3.8, 4) is 11.4 Å². The molecule has 0 radical (unpaired) electrons. The molecule has 1 aromatic heterocycles. The second kappa shape index (κ2) is 7.18. The third kappa shape index (κ3) is 3.69. The van der Waals surface area contributed by atoms with Crippen LogP contribution in [0, 0.1) is 5.92 Å². The Labute approximate surface area is 146 Å². The summed E-state index contributed by atoms with van der Waals surface area (Å²) in [6.45, 7) is 4.11. The Bertz CT molecular complexity index is 646. The third-order valence-electron chi connectivity index (χ3n) is 4.67. The van der Waals surface area contributed by atoms with Gasteiger partial charge in [0.1, 0.15) is 0 Å². The molecule has 3 heterocycles. The van der Waals surface area contributed by atoms with Crippen LogP contribution in [0.3, 0.4) is 0 Å². The molecule has 4 rings (SSSR count). The maximum atomic E-state index is 5.90. The molecule has 7 heteroatoms. The van der Waals surface area contributed by atoms with Crippen molar-refractivity contribution < 1.29 is 4.52 Å². The van der Waals surface area contributed by atoms with E-state index in [2.05, 4.69) is 20.4 Å². The smallest absolute Gasteiger partial charge is 0.241 e. The molecular formula is C16H20Cl2N4O. The van der Waals surface area contributed by atoms with Gasteiger partial charge < -0.3 is 9.84 Å². The van der Waals surface area contributed by atoms with Crippen LogP contribution in [0.5, 0.6) is 0 Å². The van der Waals surface area contributed by atoms with Gasteiger partial charge in [-0.25, -0.2) is 0 Å². The number of fused-ring (bicyclic) bond motifs is 1. The van der Waals surface area contributed by atoms with E-state index in [1.165, 1.54) is 12.8 Å². The molecule has 0 aliphatic carbocycles. The van der Waals surface area contributed by atoms with E-state index in [0.717, 1.165) is 37.7 Å². The van der Waals surface area contributed by atoms with E-state index in [9.17, 15) is 0 Å². The fourth-order valence-electron chi connectivity index (χ4n) is 3.49. The lowest BCUT2D eigenvalue weighted by Crippen LogP contribution is -2.43. The number of nitrogens with one attached hydrogen (secondary N) is 1. The summed E-state index contributed by atoms with van der Waals surface area (Å²) in [7, 11) is 0. The van der Waals surface area contributed by atoms with Crippen molar-refractivity contribution in [1.29, 1.82) is 0 Å². The molecule has 2 saturated heterocycles. The van der Waals surface area contributed by atoms with Crippen LogP contribution in [0.15, 0.2) is 28.8 Å². The first kappa shape index (κ1) is 16.7. The van der Waals surface area contributed by atoms with Gasteiger partial charge in [-0.05, 0) is 49.6 Å². The highest BCUT2D eigenvalue weighted by Crippen LogP contribution is 2.26. The zero-order valence-corrected chi connectivity index (χ0v) is 14.3. The average Bonchev–Trinajstić information content (AvgIpc) is 3.17. The van der Waals surface area contributed by atoms with Crippen LogP contribution >= 0.6 is 24.0 Å². The van der Waals surface area contributed by atoms with Crippen LogP contribution in [-0.4, -0.2) is 40.7 Å². The maximum absolute atomic E-state index is 5.90. The Morgan fingerprint density at radius 3 is 2.91 bits per heavy atom. The van der Waals surface area contributed by atoms with Crippen molar-refractivity contribution in [3.05, 3.63) is 35.2 Å². The molecule has 0 saturated carbocycles. The lowest BCUT2D eigenvalue weighted by Gasteiger charge is -2.33. The van der Waals surface area contributed by atoms with Crippen molar-refractivity contribution >= 4 is 24.0 Å². The minimum atomic E-state index is 0. The Morgan fingerprint density at radius 2 is 2.09 bits per heavy atom. The van der Waals surface area contributed by atoms with Crippen molar-refractivity contribution in [2.75, 3.05) is 19.6 Å². The van der Waals surface area contributed by atoms with E-state index in [1.807, 2.05) is 24.3 Å². The molecule has 23 heavy (non-hydrogen) atoms. The topological polar surface area (TPSA) is 54.2 Å². The Morgan fingerprint density at radius 1 is 1.26 bits per heavy atom. The average molecular weight is 355 g/mol. The van der Waals surface area contributed by atoms with E-state index in [4.69, 9.17) is 16.1 Å². The van der Waals surface area contributed by atoms with Crippen molar-refractivity contribution in [3.63, 3.8) is 0 Å². The largest absolute Gasteiger partial charge is 0.338 e. The molecule has 5 nitrogen and oxygen atoms in total. The molecule has 1 N–H and O–H groups in total. The Balaban J connectivity index is 0.00000156. The SMILES string of the molecule is Cl.Clc1ccc(-c2noc(CN3CCC4NCCC4C3)n2)cc1. The summed E-state index contributed by atoms with van der Waals surface area (Å²) in [6.07, 6.45) is 2.49. The molecule has 2 aromatic rings. The number of benzene rings is 1. The van der Waals surface area contributed by atoms with Gasteiger partial charge in [-0.2, -0.15) is 4.98 Å². The van der Waals surface area contributed by atoms with Gasteiger partial charge in [0.2, 0.25) is 11.7 Å². The number of rotatable bonds is 3. The number of hydrogen-bond donors (Lipinski definition) is 1. The van der Waals surface area contributed by atoms with Crippen molar-refractivity contribution in [2.24, 2.45) is 5.92 Å². The summed E-state index contributed by atoms with van der Waals surface area (Å²) in [5.41, 5.74) is 0.929. The molecule has 124 valence electrons. The number of likely N-dealkylation sites (tertiary alicyclic amines) is 1. The molecule has 2 aliphatic rings. The first-order valence-corrected chi connectivity index (χ1v) is 8.20. The van der Waals surface area contributed by atoms with Crippen LogP contribution in [0.2, 0.25) is 5.02 Å². The number of hydrogen-bond acceptors (Lipinski definition) is 5. The summed E-state index contributed by atoms with van der Waals surface area (Å²) >= 11 is 5.90. The highest BCUT2D eigenvalue weighted by molar-refractivity contribution is 6.30. The van der Waals surface area contributed by atoms with Gasteiger partial charge >= 0.3 is 0 Å². The van der Waals surface area contributed by atoms with Crippen molar-refractivity contribution in [1.82, 2.24) is 20.4 Å². The van der Waals surface area contributed by atoms with E-state index in [1.54, 1.807) is 0 Å². The monoisotopic (exact) mass is 354 g/mol. The predicted octanol–water partition coefficient (Wildman–Crippen LogP) is 3.00. The van der Waals surface area contributed by atoms with Crippen LogP contribution in [0.4, 0.5) is 0 Å². The first-order chi connectivity index (χ1) is 10.8. The van der Waals surface area contributed by atoms with Crippen molar-refractivity contribution in [2.45, 2.75) is 25.4 Å². The fourth-order valence-corrected chi connectivity index (χ4v) is 3.62. The standard InChI is InChI=1S/C16H19ClN4O.ClH/c17-13-3-1-11(2-4-13)16-19-15(22-20-16)10-21-8-6-14-12(9-21)5-7-18-14;/h1-4,12,14,18H,5-10H2;1H. The molecule has 2 atom stereocenters. The normalized spacial score (nSPS) is 24.2. The molecule has 0 amide bonds. The number of nitrogens with zero attached hydrogens (tertiary/aromatic N) is 3. The van der Waals surface area contributed by atoms with Gasteiger partial charge in [0.05, 0.1) is 6.54 Å². The number of piperidine rings is 1. The second-order valence-electron chi connectivity index (χ2n) is 6.15. The summed E-state index contributed by atoms with van der Waals surface area (Å²) in [5, 5.41) is 8.37. The zero-order chi connectivity index (χ0) is 14.9. The summed E-state index contributed by atoms with van der Waals surface area (Å²) in [6, 6.07) is 8.21. The Hall–Kier alpha value is -1.14. The molecular weight excluding hydrogens is 335 g/mol. The predicted molar refractivity (Wildman–Crippen MR) is 91.8 cm³/mol. The second-order valence-corrected chi connectivity index (χ2v) is 6.59. The maximum Gasteiger partial charge on any atom is 0.241 e. The van der Waals surface area contributed by atoms with E-state index < -0.39 is 0 Å². The minimum Gasteiger partial charge on any atom is -0.338 e.